The van der Waals surface area contributed by atoms with Crippen LogP contribution in [0.3, 0.4) is 0 Å². The molecular formula is C43H30N2O. The van der Waals surface area contributed by atoms with Crippen molar-refractivity contribution in [2.75, 3.05) is 4.90 Å². The Morgan fingerprint density at radius 2 is 1.39 bits per heavy atom. The molecular weight excluding hydrogens is 560 g/mol. The molecule has 3 nitrogen and oxygen atoms in total. The number of rotatable bonds is 5. The standard InChI is InChI=1S/C43H30N2O/c1-2-3-4-16-31-28-30-14-5-9-21-36(30)44(31)32-17-13-15-29(27-32)33-18-6-10-22-37(33)45-38-23-11-7-19-34(38)42-39(45)25-26-41-43(42)35-20-8-12-24-40(35)46-41/h2-27H,1,28H2/b4-3-,31-16+. The van der Waals surface area contributed by atoms with E-state index < -0.39 is 0 Å². The maximum atomic E-state index is 6.32. The van der Waals surface area contributed by atoms with E-state index in [9.17, 15) is 0 Å². The molecule has 0 aliphatic carbocycles. The summed E-state index contributed by atoms with van der Waals surface area (Å²) in [5, 5.41) is 4.75. The van der Waals surface area contributed by atoms with Gasteiger partial charge in [0, 0.05) is 50.6 Å². The zero-order valence-electron chi connectivity index (χ0n) is 25.2. The van der Waals surface area contributed by atoms with E-state index in [1.165, 1.54) is 49.8 Å². The number of allylic oxidation sites excluding steroid dienone is 5. The Morgan fingerprint density at radius 1 is 0.609 bits per heavy atom. The van der Waals surface area contributed by atoms with Crippen LogP contribution in [0.2, 0.25) is 0 Å². The third kappa shape index (κ3) is 3.99. The molecule has 0 saturated carbocycles. The summed E-state index contributed by atoms with van der Waals surface area (Å²) in [7, 11) is 0. The number of benzene rings is 6. The van der Waals surface area contributed by atoms with Gasteiger partial charge in [-0.15, -0.1) is 0 Å². The van der Waals surface area contributed by atoms with Crippen molar-refractivity contribution in [3.05, 3.63) is 176 Å². The second-order valence-corrected chi connectivity index (χ2v) is 11.8. The largest absolute Gasteiger partial charge is 0.456 e. The minimum Gasteiger partial charge on any atom is -0.456 e. The van der Waals surface area contributed by atoms with Gasteiger partial charge in [0.25, 0.3) is 0 Å². The molecule has 0 radical (unpaired) electrons. The molecule has 0 saturated heterocycles. The van der Waals surface area contributed by atoms with Crippen molar-refractivity contribution in [2.24, 2.45) is 0 Å². The highest BCUT2D eigenvalue weighted by Crippen LogP contribution is 2.44. The maximum Gasteiger partial charge on any atom is 0.136 e. The molecule has 0 spiro atoms. The van der Waals surface area contributed by atoms with Crippen LogP contribution >= 0.6 is 0 Å². The van der Waals surface area contributed by atoms with Crippen LogP contribution in [-0.2, 0) is 6.42 Å². The summed E-state index contributed by atoms with van der Waals surface area (Å²) in [4.78, 5) is 2.38. The van der Waals surface area contributed by atoms with E-state index in [4.69, 9.17) is 4.42 Å². The summed E-state index contributed by atoms with van der Waals surface area (Å²) in [5.41, 5.74) is 12.6. The van der Waals surface area contributed by atoms with Crippen LogP contribution in [-0.4, -0.2) is 4.57 Å². The smallest absolute Gasteiger partial charge is 0.136 e. The number of furan rings is 1. The fourth-order valence-corrected chi connectivity index (χ4v) is 7.25. The van der Waals surface area contributed by atoms with Gasteiger partial charge < -0.3 is 13.9 Å². The Hall–Kier alpha value is -6.06. The van der Waals surface area contributed by atoms with Gasteiger partial charge in [-0.2, -0.15) is 0 Å². The van der Waals surface area contributed by atoms with Crippen molar-refractivity contribution in [1.29, 1.82) is 0 Å². The van der Waals surface area contributed by atoms with Crippen molar-refractivity contribution in [3.8, 4) is 16.8 Å². The van der Waals surface area contributed by atoms with Crippen LogP contribution in [0.15, 0.2) is 174 Å². The summed E-state index contributed by atoms with van der Waals surface area (Å²) in [6, 6.07) is 47.8. The molecule has 8 aromatic rings. The second kappa shape index (κ2) is 10.5. The summed E-state index contributed by atoms with van der Waals surface area (Å²) < 4.78 is 8.74. The van der Waals surface area contributed by atoms with Crippen molar-refractivity contribution in [1.82, 2.24) is 4.57 Å². The van der Waals surface area contributed by atoms with Crippen LogP contribution < -0.4 is 4.90 Å². The average molecular weight is 591 g/mol. The lowest BCUT2D eigenvalue weighted by molar-refractivity contribution is 0.669. The SMILES string of the molecule is C=C/C=C\C=C1/Cc2ccccc2N1c1cccc(-c2ccccc2-n2c3ccccc3c3c4c(ccc32)oc2ccccc24)c1. The molecule has 9 rings (SSSR count). The van der Waals surface area contributed by atoms with E-state index in [0.29, 0.717) is 0 Å². The zero-order chi connectivity index (χ0) is 30.6. The van der Waals surface area contributed by atoms with Crippen molar-refractivity contribution < 1.29 is 4.42 Å². The third-order valence-corrected chi connectivity index (χ3v) is 9.16. The van der Waals surface area contributed by atoms with Crippen LogP contribution in [0, 0.1) is 0 Å². The van der Waals surface area contributed by atoms with E-state index in [2.05, 4.69) is 156 Å². The lowest BCUT2D eigenvalue weighted by Crippen LogP contribution is -2.11. The average Bonchev–Trinajstić information content (AvgIpc) is 3.77. The first-order valence-electron chi connectivity index (χ1n) is 15.7. The first-order valence-corrected chi connectivity index (χ1v) is 15.7. The van der Waals surface area contributed by atoms with E-state index in [0.717, 1.165) is 39.9 Å². The molecule has 1 aliphatic rings. The lowest BCUT2D eigenvalue weighted by atomic mass is 10.0. The number of anilines is 2. The monoisotopic (exact) mass is 590 g/mol. The van der Waals surface area contributed by atoms with E-state index in [1.807, 2.05) is 18.2 Å². The molecule has 0 unspecified atom stereocenters. The molecule has 3 heteroatoms. The van der Waals surface area contributed by atoms with Gasteiger partial charge in [0.2, 0.25) is 0 Å². The summed E-state index contributed by atoms with van der Waals surface area (Å²) in [6.07, 6.45) is 8.95. The molecule has 0 bridgehead atoms. The van der Waals surface area contributed by atoms with Gasteiger partial charge in [-0.3, -0.25) is 0 Å². The fourth-order valence-electron chi connectivity index (χ4n) is 7.25. The highest BCUT2D eigenvalue weighted by Gasteiger charge is 2.25. The molecule has 46 heavy (non-hydrogen) atoms. The predicted octanol–water partition coefficient (Wildman–Crippen LogP) is 11.7. The van der Waals surface area contributed by atoms with Gasteiger partial charge in [-0.25, -0.2) is 0 Å². The van der Waals surface area contributed by atoms with Crippen LogP contribution in [0.4, 0.5) is 11.4 Å². The number of hydrogen-bond acceptors (Lipinski definition) is 2. The molecule has 6 aromatic carbocycles. The fraction of sp³-hybridized carbons (Fsp3) is 0.0233. The molecule has 0 N–H and O–H groups in total. The van der Waals surface area contributed by atoms with E-state index in [1.54, 1.807) is 0 Å². The van der Waals surface area contributed by atoms with Crippen LogP contribution in [0.5, 0.6) is 0 Å². The van der Waals surface area contributed by atoms with E-state index in [-0.39, 0.29) is 0 Å². The topological polar surface area (TPSA) is 21.3 Å². The zero-order valence-corrected chi connectivity index (χ0v) is 25.2. The van der Waals surface area contributed by atoms with E-state index >= 15 is 0 Å². The molecule has 3 heterocycles. The van der Waals surface area contributed by atoms with Crippen LogP contribution in [0.25, 0.3) is 60.6 Å². The Labute approximate surface area is 267 Å². The molecule has 0 atom stereocenters. The lowest BCUT2D eigenvalue weighted by Gasteiger charge is -2.23. The minimum atomic E-state index is 0.886. The Balaban J connectivity index is 1.26. The number of fused-ring (bicyclic) bond motifs is 8. The first kappa shape index (κ1) is 26.4. The normalized spacial score (nSPS) is 14.0. The quantitative estimate of drug-likeness (QED) is 0.186. The number of hydrogen-bond donors (Lipinski definition) is 0. The summed E-state index contributed by atoms with van der Waals surface area (Å²) >= 11 is 0. The Morgan fingerprint density at radius 3 is 2.30 bits per heavy atom. The number of aromatic nitrogens is 1. The number of para-hydroxylation sites is 4. The predicted molar refractivity (Wildman–Crippen MR) is 193 cm³/mol. The summed E-state index contributed by atoms with van der Waals surface area (Å²) in [5.74, 6) is 0. The van der Waals surface area contributed by atoms with Gasteiger partial charge in [-0.05, 0) is 65.7 Å². The second-order valence-electron chi connectivity index (χ2n) is 11.8. The molecule has 0 amide bonds. The van der Waals surface area contributed by atoms with Crippen molar-refractivity contribution in [2.45, 2.75) is 6.42 Å². The molecule has 0 fully saturated rings. The van der Waals surface area contributed by atoms with Crippen LogP contribution in [0.1, 0.15) is 5.56 Å². The van der Waals surface area contributed by atoms with Gasteiger partial charge in [0.15, 0.2) is 0 Å². The molecule has 2 aromatic heterocycles. The van der Waals surface area contributed by atoms with Crippen molar-refractivity contribution >= 4 is 55.1 Å². The first-order chi connectivity index (χ1) is 22.8. The Kier molecular flexibility index (Phi) is 6.04. The summed E-state index contributed by atoms with van der Waals surface area (Å²) in [6.45, 7) is 3.84. The van der Waals surface area contributed by atoms with Gasteiger partial charge in [0.1, 0.15) is 11.2 Å². The highest BCUT2D eigenvalue weighted by molar-refractivity contribution is 6.27. The highest BCUT2D eigenvalue weighted by atomic mass is 16.3. The van der Waals surface area contributed by atoms with Gasteiger partial charge >= 0.3 is 0 Å². The molecule has 1 aliphatic heterocycles. The Bertz CT molecular complexity index is 2540. The maximum absolute atomic E-state index is 6.32. The minimum absolute atomic E-state index is 0.886. The third-order valence-electron chi connectivity index (χ3n) is 9.16. The van der Waals surface area contributed by atoms with Crippen molar-refractivity contribution in [3.63, 3.8) is 0 Å². The number of nitrogens with zero attached hydrogens (tertiary/aromatic N) is 2. The van der Waals surface area contributed by atoms with Gasteiger partial charge in [-0.1, -0.05) is 110 Å². The van der Waals surface area contributed by atoms with Gasteiger partial charge in [0.05, 0.1) is 16.7 Å². The molecule has 218 valence electrons.